The zero-order valence-electron chi connectivity index (χ0n) is 8.10. The number of benzene rings is 1. The Morgan fingerprint density at radius 1 is 1.33 bits per heavy atom. The molecule has 0 atom stereocenters. The molecule has 0 fully saturated rings. The van der Waals surface area contributed by atoms with Crippen molar-refractivity contribution in [1.29, 1.82) is 0 Å². The minimum absolute atomic E-state index is 1.06. The molecule has 1 aromatic heterocycles. The van der Waals surface area contributed by atoms with Gasteiger partial charge in [-0.05, 0) is 12.0 Å². The summed E-state index contributed by atoms with van der Waals surface area (Å²) >= 11 is -2.13. The summed E-state index contributed by atoms with van der Waals surface area (Å²) in [5.41, 5.74) is 2.51. The van der Waals surface area contributed by atoms with Crippen molar-refractivity contribution in [2.45, 2.75) is 13.3 Å². The van der Waals surface area contributed by atoms with E-state index in [0.717, 1.165) is 6.42 Å². The molecule has 0 bridgehead atoms. The fourth-order valence-electron chi connectivity index (χ4n) is 1.32. The number of halogens is 3. The maximum absolute atomic E-state index is 5.00. The third-order valence-electron chi connectivity index (χ3n) is 1.94. The SMILES string of the molecule is CCc1cccc2cn[nH]c12.[Cl][Zr]([Cl])[Cl]. The topological polar surface area (TPSA) is 28.7 Å². The molecule has 81 valence electrons. The quantitative estimate of drug-likeness (QED) is 0.826. The Balaban J connectivity index is 0.000000245. The summed E-state index contributed by atoms with van der Waals surface area (Å²) < 4.78 is 0. The molecule has 0 saturated heterocycles. The molecule has 0 spiro atoms. The Hall–Kier alpha value is 0.443. The first-order valence-electron chi connectivity index (χ1n) is 4.39. The van der Waals surface area contributed by atoms with E-state index in [2.05, 4.69) is 35.3 Å². The molecule has 0 radical (unpaired) electrons. The number of hydrogen-bond acceptors (Lipinski definition) is 1. The number of fused-ring (bicyclic) bond motifs is 1. The summed E-state index contributed by atoms with van der Waals surface area (Å²) in [7, 11) is 15.0. The molecular formula is C9H10Cl3N2Zr. The summed E-state index contributed by atoms with van der Waals surface area (Å²) in [6.45, 7) is 2.15. The Morgan fingerprint density at radius 3 is 2.60 bits per heavy atom. The molecule has 0 aliphatic rings. The molecule has 1 heterocycles. The van der Waals surface area contributed by atoms with Gasteiger partial charge in [-0.3, -0.25) is 5.10 Å². The van der Waals surface area contributed by atoms with Gasteiger partial charge >= 0.3 is 43.7 Å². The van der Waals surface area contributed by atoms with Gasteiger partial charge in [0.05, 0.1) is 11.7 Å². The summed E-state index contributed by atoms with van der Waals surface area (Å²) in [6.07, 6.45) is 2.91. The van der Waals surface area contributed by atoms with Crippen molar-refractivity contribution in [3.05, 3.63) is 30.0 Å². The van der Waals surface area contributed by atoms with E-state index < -0.39 is 18.2 Å². The van der Waals surface area contributed by atoms with Crippen LogP contribution in [0.1, 0.15) is 12.5 Å². The summed E-state index contributed by atoms with van der Waals surface area (Å²) in [4.78, 5) is 0. The molecule has 2 rings (SSSR count). The van der Waals surface area contributed by atoms with Gasteiger partial charge in [-0.2, -0.15) is 5.10 Å². The molecule has 15 heavy (non-hydrogen) atoms. The number of nitrogens with one attached hydrogen (secondary N) is 1. The van der Waals surface area contributed by atoms with Crippen LogP contribution in [0.4, 0.5) is 0 Å². The van der Waals surface area contributed by atoms with Gasteiger partial charge in [0.1, 0.15) is 0 Å². The number of H-pyrrole nitrogens is 1. The van der Waals surface area contributed by atoms with E-state index in [1.807, 2.05) is 6.20 Å². The van der Waals surface area contributed by atoms with Crippen LogP contribution in [-0.2, 0) is 24.6 Å². The zero-order valence-corrected chi connectivity index (χ0v) is 12.8. The molecular weight excluding hydrogens is 334 g/mol. The Morgan fingerprint density at radius 2 is 2.00 bits per heavy atom. The third-order valence-corrected chi connectivity index (χ3v) is 1.94. The van der Waals surface area contributed by atoms with Crippen LogP contribution in [0.15, 0.2) is 24.4 Å². The van der Waals surface area contributed by atoms with Crippen LogP contribution in [0.2, 0.25) is 0 Å². The molecule has 2 nitrogen and oxygen atoms in total. The van der Waals surface area contributed by atoms with Crippen molar-refractivity contribution < 1.29 is 18.2 Å². The van der Waals surface area contributed by atoms with Crippen molar-refractivity contribution in [1.82, 2.24) is 10.2 Å². The second-order valence-corrected chi connectivity index (χ2v) is 14.0. The first-order chi connectivity index (χ1) is 7.15. The van der Waals surface area contributed by atoms with Gasteiger partial charge in [-0.15, -0.1) is 0 Å². The summed E-state index contributed by atoms with van der Waals surface area (Å²) in [5, 5.41) is 8.17. The summed E-state index contributed by atoms with van der Waals surface area (Å²) in [6, 6.07) is 6.26. The Kier molecular flexibility index (Phi) is 6.22. The molecule has 0 aliphatic carbocycles. The van der Waals surface area contributed by atoms with Crippen molar-refractivity contribution in [2.24, 2.45) is 0 Å². The van der Waals surface area contributed by atoms with Gasteiger partial charge in [0.25, 0.3) is 0 Å². The average molecular weight is 344 g/mol. The van der Waals surface area contributed by atoms with E-state index in [0.29, 0.717) is 0 Å². The number of aromatic amines is 1. The zero-order chi connectivity index (χ0) is 11.3. The van der Waals surface area contributed by atoms with E-state index in [1.54, 1.807) is 0 Å². The predicted molar refractivity (Wildman–Crippen MR) is 63.0 cm³/mol. The van der Waals surface area contributed by atoms with Crippen LogP contribution < -0.4 is 0 Å². The van der Waals surface area contributed by atoms with Crippen molar-refractivity contribution >= 4 is 36.4 Å². The van der Waals surface area contributed by atoms with Gasteiger partial charge in [-0.1, -0.05) is 25.1 Å². The second-order valence-electron chi connectivity index (χ2n) is 2.82. The molecule has 0 unspecified atom stereocenters. The fraction of sp³-hybridized carbons (Fsp3) is 0.222. The molecule has 1 aromatic carbocycles. The van der Waals surface area contributed by atoms with Crippen molar-refractivity contribution in [2.75, 3.05) is 0 Å². The third kappa shape index (κ3) is 4.44. The van der Waals surface area contributed by atoms with E-state index >= 15 is 0 Å². The second kappa shape index (κ2) is 6.90. The number of aromatic nitrogens is 2. The Bertz CT molecular complexity index is 414. The molecule has 6 heteroatoms. The number of para-hydroxylation sites is 1. The number of aryl methyl sites for hydroxylation is 1. The van der Waals surface area contributed by atoms with Gasteiger partial charge in [-0.25, -0.2) is 0 Å². The monoisotopic (exact) mass is 341 g/mol. The van der Waals surface area contributed by atoms with Gasteiger partial charge in [0.2, 0.25) is 0 Å². The standard InChI is InChI=1S/C9H10N2.3ClH.Zr/c1-2-7-4-3-5-8-6-10-11-9(7)8;;;;/h3-6H,2H2,1H3,(H,10,11);3*1H;/q;;;;+3/p-3. The van der Waals surface area contributed by atoms with Crippen molar-refractivity contribution in [3.63, 3.8) is 0 Å². The van der Waals surface area contributed by atoms with Crippen LogP contribution in [0.5, 0.6) is 0 Å². The summed E-state index contributed by atoms with van der Waals surface area (Å²) in [5.74, 6) is 0. The van der Waals surface area contributed by atoms with Crippen LogP contribution in [0, 0.1) is 0 Å². The molecule has 1 N–H and O–H groups in total. The molecule has 2 aromatic rings. The van der Waals surface area contributed by atoms with Gasteiger partial charge in [0, 0.05) is 5.39 Å². The van der Waals surface area contributed by atoms with Crippen LogP contribution >= 0.6 is 25.5 Å². The van der Waals surface area contributed by atoms with Gasteiger partial charge in [0.15, 0.2) is 0 Å². The van der Waals surface area contributed by atoms with E-state index in [-0.39, 0.29) is 0 Å². The number of rotatable bonds is 1. The first kappa shape index (κ1) is 13.5. The van der Waals surface area contributed by atoms with Crippen LogP contribution in [0.25, 0.3) is 10.9 Å². The molecule has 0 saturated carbocycles. The first-order valence-corrected chi connectivity index (χ1v) is 13.9. The van der Waals surface area contributed by atoms with Crippen molar-refractivity contribution in [3.8, 4) is 0 Å². The fourth-order valence-corrected chi connectivity index (χ4v) is 1.32. The predicted octanol–water partition coefficient (Wildman–Crippen LogP) is 4.19. The average Bonchev–Trinajstić information content (AvgIpc) is 2.63. The normalized spacial score (nSPS) is 9.60. The van der Waals surface area contributed by atoms with Gasteiger partial charge < -0.3 is 0 Å². The van der Waals surface area contributed by atoms with E-state index in [4.69, 9.17) is 25.5 Å². The van der Waals surface area contributed by atoms with E-state index in [9.17, 15) is 0 Å². The Labute approximate surface area is 107 Å². The van der Waals surface area contributed by atoms with Crippen LogP contribution in [0.3, 0.4) is 0 Å². The minimum atomic E-state index is -2.13. The van der Waals surface area contributed by atoms with E-state index in [1.165, 1.54) is 16.5 Å². The molecule has 0 amide bonds. The van der Waals surface area contributed by atoms with Crippen LogP contribution in [-0.4, -0.2) is 10.2 Å². The maximum atomic E-state index is 5.00. The number of nitrogens with zero attached hydrogens (tertiary/aromatic N) is 1. The molecule has 0 aliphatic heterocycles. The number of hydrogen-bond donors (Lipinski definition) is 1.